The molecule has 0 bridgehead atoms. The molecular formula is C16H30N2O. The number of hydrogen-bond donors (Lipinski definition) is 1. The van der Waals surface area contributed by atoms with Gasteiger partial charge in [0.15, 0.2) is 0 Å². The number of hydrogen-bond acceptors (Lipinski definition) is 2. The van der Waals surface area contributed by atoms with E-state index in [0.717, 1.165) is 44.2 Å². The highest BCUT2D eigenvalue weighted by molar-refractivity contribution is 5.79. The quantitative estimate of drug-likeness (QED) is 0.835. The zero-order chi connectivity index (χ0) is 14.0. The Labute approximate surface area is 117 Å². The topological polar surface area (TPSA) is 46.3 Å². The van der Waals surface area contributed by atoms with Crippen LogP contribution in [0.5, 0.6) is 0 Å². The van der Waals surface area contributed by atoms with E-state index in [0.29, 0.717) is 11.8 Å². The van der Waals surface area contributed by atoms with Gasteiger partial charge in [0.2, 0.25) is 5.91 Å². The molecule has 19 heavy (non-hydrogen) atoms. The first-order valence-corrected chi connectivity index (χ1v) is 8.03. The average molecular weight is 266 g/mol. The molecule has 0 aromatic heterocycles. The van der Waals surface area contributed by atoms with Crippen molar-refractivity contribution in [2.24, 2.45) is 29.4 Å². The summed E-state index contributed by atoms with van der Waals surface area (Å²) in [6, 6.07) is 0.218. The van der Waals surface area contributed by atoms with Gasteiger partial charge in [-0.15, -0.1) is 0 Å². The standard InChI is InChI=1S/C16H30N2O/c1-11(2)13-6-8-18(9-7-13)16(19)14-5-4-12(3)15(17)10-14/h11-15H,4-10,17H2,1-3H3. The molecular weight excluding hydrogens is 236 g/mol. The number of carbonyl (C=O) groups excluding carboxylic acids is 1. The van der Waals surface area contributed by atoms with E-state index in [2.05, 4.69) is 25.7 Å². The summed E-state index contributed by atoms with van der Waals surface area (Å²) < 4.78 is 0. The Morgan fingerprint density at radius 2 is 1.79 bits per heavy atom. The smallest absolute Gasteiger partial charge is 0.225 e. The van der Waals surface area contributed by atoms with E-state index in [1.165, 1.54) is 12.8 Å². The molecule has 3 atom stereocenters. The lowest BCUT2D eigenvalue weighted by Crippen LogP contribution is -2.46. The molecule has 2 aliphatic rings. The first-order chi connectivity index (χ1) is 8.99. The highest BCUT2D eigenvalue weighted by atomic mass is 16.2. The first-order valence-electron chi connectivity index (χ1n) is 8.03. The molecule has 2 fully saturated rings. The normalized spacial score (nSPS) is 33.7. The summed E-state index contributed by atoms with van der Waals surface area (Å²) in [5.41, 5.74) is 6.13. The maximum absolute atomic E-state index is 12.6. The van der Waals surface area contributed by atoms with E-state index < -0.39 is 0 Å². The average Bonchev–Trinajstić information content (AvgIpc) is 2.41. The molecule has 2 N–H and O–H groups in total. The number of amides is 1. The Morgan fingerprint density at radius 1 is 1.16 bits per heavy atom. The zero-order valence-electron chi connectivity index (χ0n) is 12.8. The number of piperidine rings is 1. The molecule has 1 amide bonds. The van der Waals surface area contributed by atoms with Gasteiger partial charge in [0.25, 0.3) is 0 Å². The molecule has 1 saturated heterocycles. The Balaban J connectivity index is 1.84. The van der Waals surface area contributed by atoms with Gasteiger partial charge in [0, 0.05) is 25.0 Å². The molecule has 0 aromatic carbocycles. The molecule has 1 aliphatic carbocycles. The van der Waals surface area contributed by atoms with Crippen LogP contribution in [0.15, 0.2) is 0 Å². The van der Waals surface area contributed by atoms with Crippen LogP contribution in [0.25, 0.3) is 0 Å². The van der Waals surface area contributed by atoms with Gasteiger partial charge in [-0.25, -0.2) is 0 Å². The van der Waals surface area contributed by atoms with Crippen LogP contribution in [-0.2, 0) is 4.79 Å². The van der Waals surface area contributed by atoms with E-state index in [4.69, 9.17) is 5.73 Å². The maximum Gasteiger partial charge on any atom is 0.225 e. The van der Waals surface area contributed by atoms with E-state index >= 15 is 0 Å². The molecule has 110 valence electrons. The molecule has 1 aliphatic heterocycles. The summed E-state index contributed by atoms with van der Waals surface area (Å²) in [4.78, 5) is 14.7. The molecule has 1 heterocycles. The molecule has 3 heteroatoms. The van der Waals surface area contributed by atoms with Crippen molar-refractivity contribution in [3.05, 3.63) is 0 Å². The fraction of sp³-hybridized carbons (Fsp3) is 0.938. The number of nitrogens with two attached hydrogens (primary N) is 1. The van der Waals surface area contributed by atoms with Crippen LogP contribution in [-0.4, -0.2) is 29.9 Å². The molecule has 0 aromatic rings. The Bertz CT molecular complexity index is 308. The number of likely N-dealkylation sites (tertiary alicyclic amines) is 1. The van der Waals surface area contributed by atoms with Crippen LogP contribution < -0.4 is 5.73 Å². The van der Waals surface area contributed by atoms with Crippen molar-refractivity contribution in [2.45, 2.75) is 58.9 Å². The van der Waals surface area contributed by atoms with Crippen LogP contribution in [0.3, 0.4) is 0 Å². The van der Waals surface area contributed by atoms with Gasteiger partial charge in [0.1, 0.15) is 0 Å². The second-order valence-corrected chi connectivity index (χ2v) is 7.06. The summed E-state index contributed by atoms with van der Waals surface area (Å²) in [5, 5.41) is 0. The van der Waals surface area contributed by atoms with Crippen molar-refractivity contribution < 1.29 is 4.79 Å². The second-order valence-electron chi connectivity index (χ2n) is 7.06. The fourth-order valence-corrected chi connectivity index (χ4v) is 3.63. The maximum atomic E-state index is 12.6. The van der Waals surface area contributed by atoms with Gasteiger partial charge in [-0.05, 0) is 49.9 Å². The van der Waals surface area contributed by atoms with Crippen LogP contribution in [0.4, 0.5) is 0 Å². The zero-order valence-corrected chi connectivity index (χ0v) is 12.8. The van der Waals surface area contributed by atoms with Crippen molar-refractivity contribution in [2.75, 3.05) is 13.1 Å². The monoisotopic (exact) mass is 266 g/mol. The van der Waals surface area contributed by atoms with Gasteiger partial charge in [-0.1, -0.05) is 20.8 Å². The summed E-state index contributed by atoms with van der Waals surface area (Å²) >= 11 is 0. The molecule has 2 rings (SSSR count). The SMILES string of the molecule is CC(C)C1CCN(C(=O)C2CCC(C)C(N)C2)CC1. The minimum atomic E-state index is 0.196. The minimum Gasteiger partial charge on any atom is -0.342 e. The van der Waals surface area contributed by atoms with E-state index in [1.54, 1.807) is 0 Å². The number of nitrogens with zero attached hydrogens (tertiary/aromatic N) is 1. The first kappa shape index (κ1) is 14.8. The summed E-state index contributed by atoms with van der Waals surface area (Å²) in [7, 11) is 0. The van der Waals surface area contributed by atoms with Crippen molar-refractivity contribution in [1.82, 2.24) is 4.90 Å². The van der Waals surface area contributed by atoms with Crippen molar-refractivity contribution in [1.29, 1.82) is 0 Å². The van der Waals surface area contributed by atoms with Gasteiger partial charge in [-0.2, -0.15) is 0 Å². The predicted molar refractivity (Wildman–Crippen MR) is 78.6 cm³/mol. The van der Waals surface area contributed by atoms with Crippen LogP contribution in [0.2, 0.25) is 0 Å². The molecule has 0 radical (unpaired) electrons. The molecule has 3 unspecified atom stereocenters. The Morgan fingerprint density at radius 3 is 2.32 bits per heavy atom. The van der Waals surface area contributed by atoms with Crippen molar-refractivity contribution >= 4 is 5.91 Å². The van der Waals surface area contributed by atoms with Gasteiger partial charge in [0.05, 0.1) is 0 Å². The van der Waals surface area contributed by atoms with Crippen molar-refractivity contribution in [3.63, 3.8) is 0 Å². The van der Waals surface area contributed by atoms with Crippen LogP contribution >= 0.6 is 0 Å². The Kier molecular flexibility index (Phi) is 4.88. The Hall–Kier alpha value is -0.570. The lowest BCUT2D eigenvalue weighted by Gasteiger charge is -2.38. The third-order valence-corrected chi connectivity index (χ3v) is 5.40. The van der Waals surface area contributed by atoms with E-state index in [-0.39, 0.29) is 12.0 Å². The summed E-state index contributed by atoms with van der Waals surface area (Å²) in [5.74, 6) is 2.71. The van der Waals surface area contributed by atoms with E-state index in [1.807, 2.05) is 0 Å². The molecule has 3 nitrogen and oxygen atoms in total. The van der Waals surface area contributed by atoms with Crippen molar-refractivity contribution in [3.8, 4) is 0 Å². The third kappa shape index (κ3) is 3.50. The second kappa shape index (κ2) is 6.25. The van der Waals surface area contributed by atoms with Gasteiger partial charge in [-0.3, -0.25) is 4.79 Å². The highest BCUT2D eigenvalue weighted by Gasteiger charge is 2.33. The summed E-state index contributed by atoms with van der Waals surface area (Å²) in [6.45, 7) is 8.72. The molecule has 0 spiro atoms. The minimum absolute atomic E-state index is 0.196. The van der Waals surface area contributed by atoms with Gasteiger partial charge < -0.3 is 10.6 Å². The van der Waals surface area contributed by atoms with Crippen LogP contribution in [0.1, 0.15) is 52.9 Å². The summed E-state index contributed by atoms with van der Waals surface area (Å²) in [6.07, 6.45) is 5.40. The van der Waals surface area contributed by atoms with Crippen LogP contribution in [0, 0.1) is 23.7 Å². The predicted octanol–water partition coefficient (Wildman–Crippen LogP) is 2.64. The highest BCUT2D eigenvalue weighted by Crippen LogP contribution is 2.31. The molecule has 1 saturated carbocycles. The fourth-order valence-electron chi connectivity index (χ4n) is 3.63. The largest absolute Gasteiger partial charge is 0.342 e. The number of rotatable bonds is 2. The number of carbonyl (C=O) groups is 1. The third-order valence-electron chi connectivity index (χ3n) is 5.40. The lowest BCUT2D eigenvalue weighted by atomic mass is 9.78. The lowest BCUT2D eigenvalue weighted by molar-refractivity contribution is -0.138. The van der Waals surface area contributed by atoms with Gasteiger partial charge >= 0.3 is 0 Å². The van der Waals surface area contributed by atoms with E-state index in [9.17, 15) is 4.79 Å².